The van der Waals surface area contributed by atoms with Crippen LogP contribution in [-0.4, -0.2) is 46.1 Å². The quantitative estimate of drug-likeness (QED) is 0.0390. The first-order valence-electron chi connectivity index (χ1n) is 20.8. The third-order valence-electron chi connectivity index (χ3n) is 9.46. The molecule has 0 saturated heterocycles. The van der Waals surface area contributed by atoms with Crippen molar-refractivity contribution in [3.05, 3.63) is 36.5 Å². The Hall–Kier alpha value is -1.43. The van der Waals surface area contributed by atoms with Crippen LogP contribution in [0.2, 0.25) is 0 Å². The molecule has 5 heteroatoms. The zero-order chi connectivity index (χ0) is 35.2. The number of aliphatic hydroxyl groups is 3. The molecule has 0 aliphatic heterocycles. The Morgan fingerprint density at radius 3 is 1.27 bits per heavy atom. The fraction of sp³-hybridized carbons (Fsp3) is 0.837. The van der Waals surface area contributed by atoms with Crippen molar-refractivity contribution >= 4 is 5.91 Å². The van der Waals surface area contributed by atoms with E-state index in [4.69, 9.17) is 0 Å². The molecule has 0 heterocycles. The zero-order valence-electron chi connectivity index (χ0n) is 31.9. The Balaban J connectivity index is 3.68. The summed E-state index contributed by atoms with van der Waals surface area (Å²) in [6, 6.07) is -0.817. The van der Waals surface area contributed by atoms with Crippen LogP contribution in [0.1, 0.15) is 206 Å². The van der Waals surface area contributed by atoms with Gasteiger partial charge in [0.05, 0.1) is 18.8 Å². The maximum Gasteiger partial charge on any atom is 0.249 e. The SMILES string of the molecule is CCCCC/C=C/CC/C=C/CC/C=C/C(O)C(CO)NC(=O)C(O)CCCCCCCCCCCCCCCCCCCCCCC. The van der Waals surface area contributed by atoms with Gasteiger partial charge in [0.1, 0.15) is 6.10 Å². The normalized spacial score (nSPS) is 14.0. The molecule has 0 spiro atoms. The molecule has 5 nitrogen and oxygen atoms in total. The fourth-order valence-corrected chi connectivity index (χ4v) is 6.16. The smallest absolute Gasteiger partial charge is 0.249 e. The molecule has 0 rings (SSSR count). The third-order valence-corrected chi connectivity index (χ3v) is 9.46. The second kappa shape index (κ2) is 38.4. The zero-order valence-corrected chi connectivity index (χ0v) is 31.9. The van der Waals surface area contributed by atoms with Crippen molar-refractivity contribution in [1.82, 2.24) is 5.32 Å². The monoisotopic (exact) mass is 676 g/mol. The second-order valence-corrected chi connectivity index (χ2v) is 14.2. The number of allylic oxidation sites excluding steroid dienone is 5. The van der Waals surface area contributed by atoms with Crippen molar-refractivity contribution in [3.63, 3.8) is 0 Å². The molecule has 0 aliphatic rings. The minimum absolute atomic E-state index is 0.380. The van der Waals surface area contributed by atoms with Gasteiger partial charge in [0, 0.05) is 0 Å². The van der Waals surface area contributed by atoms with Crippen molar-refractivity contribution in [2.24, 2.45) is 0 Å². The average Bonchev–Trinajstić information content (AvgIpc) is 3.09. The molecular weight excluding hydrogens is 594 g/mol. The van der Waals surface area contributed by atoms with Gasteiger partial charge in [-0.3, -0.25) is 4.79 Å². The van der Waals surface area contributed by atoms with Crippen LogP contribution in [0.15, 0.2) is 36.5 Å². The van der Waals surface area contributed by atoms with Crippen LogP contribution in [0.25, 0.3) is 0 Å². The Bertz CT molecular complexity index is 749. The lowest BCUT2D eigenvalue weighted by atomic mass is 10.0. The maximum atomic E-state index is 12.4. The highest BCUT2D eigenvalue weighted by molar-refractivity contribution is 5.80. The van der Waals surface area contributed by atoms with Gasteiger partial charge in [-0.1, -0.05) is 198 Å². The van der Waals surface area contributed by atoms with Gasteiger partial charge in [0.25, 0.3) is 0 Å². The number of hydrogen-bond donors (Lipinski definition) is 4. The van der Waals surface area contributed by atoms with E-state index in [1.54, 1.807) is 6.08 Å². The van der Waals surface area contributed by atoms with Gasteiger partial charge in [-0.2, -0.15) is 0 Å². The number of aliphatic hydroxyl groups excluding tert-OH is 3. The van der Waals surface area contributed by atoms with Gasteiger partial charge >= 0.3 is 0 Å². The standard InChI is InChI=1S/C43H81NO4/c1-3-5-7-9-11-13-15-17-18-19-20-21-22-23-24-26-28-30-32-34-36-38-42(47)43(48)44-40(39-45)41(46)37-35-33-31-29-27-25-16-14-12-10-8-6-4-2/h12,14,27,29,35,37,40-42,45-47H,3-11,13,15-26,28,30-34,36,38-39H2,1-2H3,(H,44,48)/b14-12+,29-27+,37-35+. The highest BCUT2D eigenvalue weighted by Gasteiger charge is 2.22. The van der Waals surface area contributed by atoms with E-state index in [2.05, 4.69) is 43.5 Å². The molecule has 3 unspecified atom stereocenters. The number of nitrogens with one attached hydrogen (secondary N) is 1. The molecule has 0 aromatic carbocycles. The van der Waals surface area contributed by atoms with Crippen LogP contribution in [0.3, 0.4) is 0 Å². The predicted octanol–water partition coefficient (Wildman–Crippen LogP) is 11.6. The van der Waals surface area contributed by atoms with E-state index in [0.29, 0.717) is 6.42 Å². The van der Waals surface area contributed by atoms with Crippen LogP contribution in [-0.2, 0) is 4.79 Å². The van der Waals surface area contributed by atoms with Crippen LogP contribution in [0.4, 0.5) is 0 Å². The van der Waals surface area contributed by atoms with Crippen molar-refractivity contribution < 1.29 is 20.1 Å². The lowest BCUT2D eigenvalue weighted by Gasteiger charge is -2.21. The minimum atomic E-state index is -1.10. The van der Waals surface area contributed by atoms with Crippen molar-refractivity contribution in [2.75, 3.05) is 6.61 Å². The van der Waals surface area contributed by atoms with E-state index in [9.17, 15) is 20.1 Å². The number of rotatable bonds is 37. The first kappa shape index (κ1) is 46.6. The van der Waals surface area contributed by atoms with Gasteiger partial charge in [0.2, 0.25) is 5.91 Å². The number of hydrogen-bond acceptors (Lipinski definition) is 4. The molecule has 0 fully saturated rings. The van der Waals surface area contributed by atoms with Crippen molar-refractivity contribution in [3.8, 4) is 0 Å². The van der Waals surface area contributed by atoms with Crippen molar-refractivity contribution in [2.45, 2.75) is 225 Å². The molecule has 0 aliphatic carbocycles. The van der Waals surface area contributed by atoms with Gasteiger partial charge in [-0.15, -0.1) is 0 Å². The Morgan fingerprint density at radius 1 is 0.500 bits per heavy atom. The van der Waals surface area contributed by atoms with E-state index in [1.165, 1.54) is 141 Å². The molecule has 0 aromatic rings. The van der Waals surface area contributed by atoms with E-state index in [1.807, 2.05) is 6.08 Å². The summed E-state index contributed by atoms with van der Waals surface area (Å²) < 4.78 is 0. The molecule has 48 heavy (non-hydrogen) atoms. The van der Waals surface area contributed by atoms with Gasteiger partial charge in [-0.05, 0) is 44.9 Å². The van der Waals surface area contributed by atoms with E-state index in [0.717, 1.165) is 44.9 Å². The second-order valence-electron chi connectivity index (χ2n) is 14.2. The summed E-state index contributed by atoms with van der Waals surface area (Å²) in [7, 11) is 0. The van der Waals surface area contributed by atoms with Crippen LogP contribution >= 0.6 is 0 Å². The molecule has 0 aromatic heterocycles. The summed E-state index contributed by atoms with van der Waals surface area (Å²) >= 11 is 0. The topological polar surface area (TPSA) is 89.8 Å². The first-order valence-corrected chi connectivity index (χ1v) is 20.8. The third kappa shape index (κ3) is 33.1. The van der Waals surface area contributed by atoms with E-state index in [-0.39, 0.29) is 6.61 Å². The molecule has 0 bridgehead atoms. The van der Waals surface area contributed by atoms with Gasteiger partial charge < -0.3 is 20.6 Å². The molecule has 0 radical (unpaired) electrons. The highest BCUT2D eigenvalue weighted by atomic mass is 16.3. The summed E-state index contributed by atoms with van der Waals surface area (Å²) in [5.41, 5.74) is 0. The lowest BCUT2D eigenvalue weighted by Crippen LogP contribution is -2.48. The summed E-state index contributed by atoms with van der Waals surface area (Å²) in [6.45, 7) is 4.13. The van der Waals surface area contributed by atoms with Crippen LogP contribution in [0, 0.1) is 0 Å². The molecule has 4 N–H and O–H groups in total. The number of unbranched alkanes of at least 4 members (excludes halogenated alkanes) is 25. The first-order chi connectivity index (χ1) is 23.6. The number of carbonyl (C=O) groups is 1. The Kier molecular flexibility index (Phi) is 37.2. The highest BCUT2D eigenvalue weighted by Crippen LogP contribution is 2.16. The Morgan fingerprint density at radius 2 is 0.854 bits per heavy atom. The fourth-order valence-electron chi connectivity index (χ4n) is 6.16. The van der Waals surface area contributed by atoms with Crippen molar-refractivity contribution in [1.29, 1.82) is 0 Å². The molecule has 0 saturated carbocycles. The van der Waals surface area contributed by atoms with Crippen LogP contribution in [0.5, 0.6) is 0 Å². The average molecular weight is 676 g/mol. The molecule has 3 atom stereocenters. The summed E-state index contributed by atoms with van der Waals surface area (Å²) in [5.74, 6) is -0.517. The van der Waals surface area contributed by atoms with E-state index >= 15 is 0 Å². The van der Waals surface area contributed by atoms with E-state index < -0.39 is 24.2 Å². The summed E-state index contributed by atoms with van der Waals surface area (Å²) in [4.78, 5) is 12.4. The van der Waals surface area contributed by atoms with Crippen LogP contribution < -0.4 is 5.32 Å². The molecule has 1 amide bonds. The molecular formula is C43H81NO4. The number of carbonyl (C=O) groups excluding carboxylic acids is 1. The maximum absolute atomic E-state index is 12.4. The molecule has 282 valence electrons. The predicted molar refractivity (Wildman–Crippen MR) is 208 cm³/mol. The van der Waals surface area contributed by atoms with Gasteiger partial charge in [0.15, 0.2) is 0 Å². The number of amides is 1. The minimum Gasteiger partial charge on any atom is -0.394 e. The van der Waals surface area contributed by atoms with Gasteiger partial charge in [-0.25, -0.2) is 0 Å². The summed E-state index contributed by atoms with van der Waals surface area (Å²) in [6.07, 6.45) is 47.4. The lowest BCUT2D eigenvalue weighted by molar-refractivity contribution is -0.131. The summed E-state index contributed by atoms with van der Waals surface area (Å²) in [5, 5.41) is 33.0. The largest absolute Gasteiger partial charge is 0.394 e. The Labute approximate surface area is 298 Å².